The second-order valence-electron chi connectivity index (χ2n) is 7.66. The maximum absolute atomic E-state index is 12.9. The Kier molecular flexibility index (Phi) is 7.24. The Hall–Kier alpha value is -2.68. The summed E-state index contributed by atoms with van der Waals surface area (Å²) in [6.45, 7) is 0.625. The van der Waals surface area contributed by atoms with E-state index in [0.29, 0.717) is 19.4 Å². The van der Waals surface area contributed by atoms with E-state index in [0.717, 1.165) is 22.0 Å². The molecule has 2 aromatic carbocycles. The lowest BCUT2D eigenvalue weighted by Crippen LogP contribution is -2.43. The third-order valence-electron chi connectivity index (χ3n) is 5.35. The van der Waals surface area contributed by atoms with E-state index in [4.69, 9.17) is 0 Å². The Balaban J connectivity index is 1.38. The summed E-state index contributed by atoms with van der Waals surface area (Å²) in [5.74, 6) is 0.217. The Morgan fingerprint density at radius 1 is 1.06 bits per heavy atom. The van der Waals surface area contributed by atoms with Crippen molar-refractivity contribution in [2.24, 2.45) is 5.92 Å². The van der Waals surface area contributed by atoms with E-state index in [1.165, 1.54) is 4.31 Å². The van der Waals surface area contributed by atoms with Crippen LogP contribution in [0.5, 0.6) is 0 Å². The second-order valence-corrected chi connectivity index (χ2v) is 10.6. The summed E-state index contributed by atoms with van der Waals surface area (Å²) in [5, 5.41) is 3.92. The van der Waals surface area contributed by atoms with Gasteiger partial charge in [-0.25, -0.2) is 13.4 Å². The second kappa shape index (κ2) is 10.3. The molecule has 3 aromatic rings. The summed E-state index contributed by atoms with van der Waals surface area (Å²) < 4.78 is 27.3. The molecule has 1 unspecified atom stereocenters. The highest BCUT2D eigenvalue weighted by Crippen LogP contribution is 2.26. The Morgan fingerprint density at radius 2 is 1.88 bits per heavy atom. The smallest absolute Gasteiger partial charge is 0.243 e. The van der Waals surface area contributed by atoms with Crippen LogP contribution in [0.1, 0.15) is 18.4 Å². The number of carbonyl (C=O) groups excluding carboxylic acids is 1. The molecule has 0 spiro atoms. The molecule has 0 bridgehead atoms. The number of thioether (sulfide) groups is 1. The number of nitrogens with zero attached hydrogens (tertiary/aromatic N) is 2. The molecule has 1 fully saturated rings. The topological polar surface area (TPSA) is 79.4 Å². The molecule has 1 aliphatic heterocycles. The molecular weight excluding hydrogens is 442 g/mol. The molecule has 1 atom stereocenters. The normalized spacial score (nSPS) is 17.1. The fraction of sp³-hybridized carbons (Fsp3) is 0.250. The van der Waals surface area contributed by atoms with Crippen molar-refractivity contribution in [3.8, 4) is 0 Å². The van der Waals surface area contributed by atoms with Gasteiger partial charge in [0.15, 0.2) is 0 Å². The lowest BCUT2D eigenvalue weighted by atomic mass is 9.98. The monoisotopic (exact) mass is 467 g/mol. The van der Waals surface area contributed by atoms with Crippen LogP contribution >= 0.6 is 11.8 Å². The van der Waals surface area contributed by atoms with Crippen LogP contribution in [0.4, 0.5) is 5.69 Å². The first-order valence-electron chi connectivity index (χ1n) is 10.5. The van der Waals surface area contributed by atoms with Gasteiger partial charge < -0.3 is 5.32 Å². The van der Waals surface area contributed by atoms with Crippen LogP contribution in [-0.2, 0) is 20.6 Å². The van der Waals surface area contributed by atoms with Crippen LogP contribution in [0, 0.1) is 5.92 Å². The van der Waals surface area contributed by atoms with Crippen molar-refractivity contribution in [3.05, 3.63) is 84.6 Å². The van der Waals surface area contributed by atoms with E-state index < -0.39 is 10.0 Å². The fourth-order valence-corrected chi connectivity index (χ4v) is 6.04. The van der Waals surface area contributed by atoms with E-state index in [1.54, 1.807) is 48.3 Å². The van der Waals surface area contributed by atoms with Crippen LogP contribution in [0.25, 0.3) is 0 Å². The quantitative estimate of drug-likeness (QED) is 0.521. The van der Waals surface area contributed by atoms with Crippen molar-refractivity contribution in [1.29, 1.82) is 0 Å². The number of piperidine rings is 1. The zero-order chi connectivity index (χ0) is 22.4. The zero-order valence-corrected chi connectivity index (χ0v) is 19.2. The van der Waals surface area contributed by atoms with Crippen molar-refractivity contribution in [1.82, 2.24) is 9.29 Å². The van der Waals surface area contributed by atoms with Gasteiger partial charge in [0.1, 0.15) is 0 Å². The van der Waals surface area contributed by atoms with E-state index in [1.807, 2.05) is 42.5 Å². The van der Waals surface area contributed by atoms with Gasteiger partial charge in [-0.15, -0.1) is 11.8 Å². The van der Waals surface area contributed by atoms with Crippen molar-refractivity contribution < 1.29 is 13.2 Å². The van der Waals surface area contributed by atoms with Gasteiger partial charge in [-0.3, -0.25) is 4.79 Å². The molecule has 1 aliphatic rings. The summed E-state index contributed by atoms with van der Waals surface area (Å²) in [5.41, 5.74) is 1.80. The van der Waals surface area contributed by atoms with Gasteiger partial charge in [0.2, 0.25) is 15.9 Å². The average molecular weight is 468 g/mol. The van der Waals surface area contributed by atoms with Gasteiger partial charge in [0.25, 0.3) is 0 Å². The third-order valence-corrected chi connectivity index (χ3v) is 8.25. The number of pyridine rings is 1. The minimum Gasteiger partial charge on any atom is -0.326 e. The molecule has 1 aromatic heterocycles. The molecule has 0 saturated carbocycles. The van der Waals surface area contributed by atoms with Crippen LogP contribution < -0.4 is 5.32 Å². The van der Waals surface area contributed by atoms with Gasteiger partial charge in [-0.05, 0) is 54.8 Å². The molecule has 1 N–H and O–H groups in total. The molecule has 8 heteroatoms. The summed E-state index contributed by atoms with van der Waals surface area (Å²) in [6.07, 6.45) is 3.09. The highest BCUT2D eigenvalue weighted by atomic mass is 32.2. The lowest BCUT2D eigenvalue weighted by Gasteiger charge is -2.31. The molecule has 0 aliphatic carbocycles. The van der Waals surface area contributed by atoms with Crippen molar-refractivity contribution >= 4 is 33.4 Å². The maximum Gasteiger partial charge on any atom is 0.243 e. The molecule has 166 valence electrons. The van der Waals surface area contributed by atoms with Gasteiger partial charge >= 0.3 is 0 Å². The van der Waals surface area contributed by atoms with Gasteiger partial charge in [-0.2, -0.15) is 4.31 Å². The van der Waals surface area contributed by atoms with Crippen LogP contribution in [0.15, 0.2) is 88.9 Å². The number of rotatable bonds is 7. The molecule has 32 heavy (non-hydrogen) atoms. The van der Waals surface area contributed by atoms with Crippen molar-refractivity contribution in [2.75, 3.05) is 18.4 Å². The standard InChI is InChI=1S/C24H25N3O3S2/c28-24(20-9-7-15-27(17-20)32(29,30)22-11-2-1-3-12-22)26-21-10-6-8-19(16-21)18-31-23-13-4-5-14-25-23/h1-6,8,10-14,16,20H,7,9,15,17-18H2,(H,26,28). The number of anilines is 1. The number of hydrogen-bond donors (Lipinski definition) is 1. The first-order chi connectivity index (χ1) is 15.5. The molecule has 1 saturated heterocycles. The van der Waals surface area contributed by atoms with E-state index in [9.17, 15) is 13.2 Å². The molecular formula is C24H25N3O3S2. The van der Waals surface area contributed by atoms with E-state index in [2.05, 4.69) is 10.3 Å². The SMILES string of the molecule is O=C(Nc1cccc(CSc2ccccn2)c1)C1CCCN(S(=O)(=O)c2ccccc2)C1. The molecule has 6 nitrogen and oxygen atoms in total. The first kappa shape index (κ1) is 22.5. The van der Waals surface area contributed by atoms with Crippen molar-refractivity contribution in [3.63, 3.8) is 0 Å². The lowest BCUT2D eigenvalue weighted by molar-refractivity contribution is -0.120. The van der Waals surface area contributed by atoms with Gasteiger partial charge in [-0.1, -0.05) is 36.4 Å². The summed E-state index contributed by atoms with van der Waals surface area (Å²) >= 11 is 1.63. The largest absolute Gasteiger partial charge is 0.326 e. The van der Waals surface area contributed by atoms with Gasteiger partial charge in [0, 0.05) is 30.7 Å². The zero-order valence-electron chi connectivity index (χ0n) is 17.6. The van der Waals surface area contributed by atoms with Crippen molar-refractivity contribution in [2.45, 2.75) is 28.5 Å². The number of amides is 1. The fourth-order valence-electron chi connectivity index (χ4n) is 3.69. The minimum absolute atomic E-state index is 0.146. The molecule has 0 radical (unpaired) electrons. The number of hydrogen-bond acceptors (Lipinski definition) is 5. The highest BCUT2D eigenvalue weighted by molar-refractivity contribution is 7.98. The first-order valence-corrected chi connectivity index (χ1v) is 12.9. The van der Waals surface area contributed by atoms with Gasteiger partial charge in [0.05, 0.1) is 15.8 Å². The average Bonchev–Trinajstić information content (AvgIpc) is 2.84. The van der Waals surface area contributed by atoms with Crippen LogP contribution in [-0.4, -0.2) is 36.7 Å². The summed E-state index contributed by atoms with van der Waals surface area (Å²) in [6, 6.07) is 21.9. The minimum atomic E-state index is -3.60. The van der Waals surface area contributed by atoms with Crippen LogP contribution in [0.2, 0.25) is 0 Å². The molecule has 1 amide bonds. The number of benzene rings is 2. The molecule has 2 heterocycles. The Bertz CT molecular complexity index is 1160. The summed E-state index contributed by atoms with van der Waals surface area (Å²) in [4.78, 5) is 17.5. The number of sulfonamides is 1. The molecule has 4 rings (SSSR count). The number of carbonyl (C=O) groups is 1. The van der Waals surface area contributed by atoms with E-state index in [-0.39, 0.29) is 23.3 Å². The number of aromatic nitrogens is 1. The number of nitrogens with one attached hydrogen (secondary N) is 1. The highest BCUT2D eigenvalue weighted by Gasteiger charge is 2.33. The third kappa shape index (κ3) is 5.56. The Morgan fingerprint density at radius 3 is 2.66 bits per heavy atom. The predicted octanol–water partition coefficient (Wildman–Crippen LogP) is 4.41. The van der Waals surface area contributed by atoms with Crippen LogP contribution in [0.3, 0.4) is 0 Å². The maximum atomic E-state index is 12.9. The predicted molar refractivity (Wildman–Crippen MR) is 127 cm³/mol. The summed E-state index contributed by atoms with van der Waals surface area (Å²) in [7, 11) is -3.60. The van der Waals surface area contributed by atoms with E-state index >= 15 is 0 Å². The Labute approximate surface area is 193 Å².